The van der Waals surface area contributed by atoms with E-state index in [0.717, 1.165) is 23.5 Å². The molecule has 0 spiro atoms. The molecule has 1 aromatic rings. The van der Waals surface area contributed by atoms with Gasteiger partial charge < -0.3 is 10.1 Å². The molecule has 0 radical (unpaired) electrons. The average molecular weight is 234 g/mol. The molecule has 0 unspecified atom stereocenters. The van der Waals surface area contributed by atoms with Gasteiger partial charge in [-0.3, -0.25) is 4.98 Å². The monoisotopic (exact) mass is 234 g/mol. The van der Waals surface area contributed by atoms with Gasteiger partial charge in [0.05, 0.1) is 0 Å². The number of aromatic nitrogens is 1. The molecule has 2 rings (SSSR count). The summed E-state index contributed by atoms with van der Waals surface area (Å²) in [6.45, 7) is 4.92. The maximum atomic E-state index is 11.4. The maximum absolute atomic E-state index is 11.4. The van der Waals surface area contributed by atoms with Crippen molar-refractivity contribution in [3.63, 3.8) is 0 Å². The lowest BCUT2D eigenvalue weighted by Gasteiger charge is -2.07. The van der Waals surface area contributed by atoms with Gasteiger partial charge in [-0.15, -0.1) is 0 Å². The number of nitrogens with zero attached hydrogens (tertiary/aromatic N) is 1. The van der Waals surface area contributed by atoms with Crippen LogP contribution < -0.4 is 5.32 Å². The molecule has 4 nitrogen and oxygen atoms in total. The van der Waals surface area contributed by atoms with Crippen molar-refractivity contribution in [1.29, 1.82) is 0 Å². The van der Waals surface area contributed by atoms with Crippen LogP contribution in [0, 0.1) is 19.8 Å². The Morgan fingerprint density at radius 3 is 2.65 bits per heavy atom. The van der Waals surface area contributed by atoms with Crippen LogP contribution in [0.3, 0.4) is 0 Å². The van der Waals surface area contributed by atoms with Crippen LogP contribution in [-0.2, 0) is 11.3 Å². The molecule has 1 amide bonds. The first-order valence-electron chi connectivity index (χ1n) is 5.98. The molecular formula is C13H18N2O2. The fourth-order valence-electron chi connectivity index (χ4n) is 1.75. The van der Waals surface area contributed by atoms with E-state index in [1.54, 1.807) is 0 Å². The molecule has 1 saturated carbocycles. The van der Waals surface area contributed by atoms with Gasteiger partial charge in [-0.25, -0.2) is 4.79 Å². The van der Waals surface area contributed by atoms with Gasteiger partial charge in [0.2, 0.25) is 0 Å². The number of rotatable bonds is 4. The van der Waals surface area contributed by atoms with Crippen molar-refractivity contribution in [3.05, 3.63) is 29.1 Å². The second kappa shape index (κ2) is 5.17. The van der Waals surface area contributed by atoms with Crippen LogP contribution in [0.4, 0.5) is 4.79 Å². The molecule has 4 heteroatoms. The molecular weight excluding hydrogens is 216 g/mol. The fourth-order valence-corrected chi connectivity index (χ4v) is 1.75. The highest BCUT2D eigenvalue weighted by Crippen LogP contribution is 2.27. The summed E-state index contributed by atoms with van der Waals surface area (Å²) < 4.78 is 5.14. The second-order valence-electron chi connectivity index (χ2n) is 4.66. The predicted octanol–water partition coefficient (Wildman–Crippen LogP) is 2.33. The highest BCUT2D eigenvalue weighted by Gasteiger charge is 2.21. The van der Waals surface area contributed by atoms with Crippen molar-refractivity contribution in [2.45, 2.75) is 33.3 Å². The fraction of sp³-hybridized carbons (Fsp3) is 0.538. The van der Waals surface area contributed by atoms with Gasteiger partial charge in [0, 0.05) is 17.9 Å². The normalized spacial score (nSPS) is 14.5. The van der Waals surface area contributed by atoms with Crippen LogP contribution in [0.5, 0.6) is 0 Å². The Morgan fingerprint density at radius 1 is 1.41 bits per heavy atom. The number of nitrogens with one attached hydrogen (secondary N) is 1. The van der Waals surface area contributed by atoms with Gasteiger partial charge in [0.15, 0.2) is 0 Å². The number of amides is 1. The summed E-state index contributed by atoms with van der Waals surface area (Å²) in [5.41, 5.74) is 2.88. The zero-order valence-corrected chi connectivity index (χ0v) is 10.3. The maximum Gasteiger partial charge on any atom is 0.407 e. The Morgan fingerprint density at radius 2 is 2.06 bits per heavy atom. The lowest BCUT2D eigenvalue weighted by molar-refractivity contribution is 0.139. The van der Waals surface area contributed by atoms with E-state index >= 15 is 0 Å². The molecule has 1 aliphatic carbocycles. The van der Waals surface area contributed by atoms with E-state index in [-0.39, 0.29) is 6.09 Å². The molecule has 0 aliphatic heterocycles. The molecule has 1 heterocycles. The Balaban J connectivity index is 1.77. The van der Waals surface area contributed by atoms with Gasteiger partial charge >= 0.3 is 6.09 Å². The first kappa shape index (κ1) is 11.9. The molecule has 1 N–H and O–H groups in total. The van der Waals surface area contributed by atoms with Crippen LogP contribution in [0.15, 0.2) is 12.1 Å². The Kier molecular flexibility index (Phi) is 3.61. The molecule has 0 saturated heterocycles. The molecule has 1 fully saturated rings. The van der Waals surface area contributed by atoms with Crippen molar-refractivity contribution in [2.75, 3.05) is 6.54 Å². The van der Waals surface area contributed by atoms with E-state index in [4.69, 9.17) is 4.74 Å². The molecule has 0 atom stereocenters. The van der Waals surface area contributed by atoms with Gasteiger partial charge in [-0.2, -0.15) is 0 Å². The third-order valence-corrected chi connectivity index (χ3v) is 2.74. The Hall–Kier alpha value is -1.58. The topological polar surface area (TPSA) is 51.2 Å². The van der Waals surface area contributed by atoms with Crippen molar-refractivity contribution in [2.24, 2.45) is 5.92 Å². The van der Waals surface area contributed by atoms with E-state index in [0.29, 0.717) is 12.5 Å². The lowest BCUT2D eigenvalue weighted by atomic mass is 10.2. The minimum Gasteiger partial charge on any atom is -0.445 e. The predicted molar refractivity (Wildman–Crippen MR) is 64.6 cm³/mol. The number of aryl methyl sites for hydroxylation is 2. The van der Waals surface area contributed by atoms with Gasteiger partial charge in [0.25, 0.3) is 0 Å². The molecule has 1 aromatic heterocycles. The van der Waals surface area contributed by atoms with Gasteiger partial charge in [0.1, 0.15) is 6.61 Å². The van der Waals surface area contributed by atoms with Crippen LogP contribution in [0.2, 0.25) is 0 Å². The number of hydrogen-bond acceptors (Lipinski definition) is 3. The minimum absolute atomic E-state index is 0.306. The van der Waals surface area contributed by atoms with Crippen molar-refractivity contribution >= 4 is 6.09 Å². The van der Waals surface area contributed by atoms with Gasteiger partial charge in [-0.05, 0) is 50.3 Å². The van der Waals surface area contributed by atoms with Crippen LogP contribution in [0.25, 0.3) is 0 Å². The molecule has 17 heavy (non-hydrogen) atoms. The smallest absolute Gasteiger partial charge is 0.407 e. The summed E-state index contributed by atoms with van der Waals surface area (Å²) in [5.74, 6) is 0.674. The standard InChI is InChI=1S/C13H18N2O2/c1-9-5-12(6-10(2)15-9)8-17-13(16)14-7-11-3-4-11/h5-6,11H,3-4,7-8H2,1-2H3,(H,14,16). The van der Waals surface area contributed by atoms with Crippen LogP contribution >= 0.6 is 0 Å². The summed E-state index contributed by atoms with van der Waals surface area (Å²) in [7, 11) is 0. The Bertz CT molecular complexity index is 394. The van der Waals surface area contributed by atoms with E-state index in [1.807, 2.05) is 26.0 Å². The summed E-state index contributed by atoms with van der Waals surface area (Å²) in [5, 5.41) is 2.77. The molecule has 1 aliphatic rings. The van der Waals surface area contributed by atoms with E-state index in [1.165, 1.54) is 12.8 Å². The van der Waals surface area contributed by atoms with Crippen molar-refractivity contribution in [1.82, 2.24) is 10.3 Å². The summed E-state index contributed by atoms with van der Waals surface area (Å²) in [4.78, 5) is 15.6. The number of carbonyl (C=O) groups excluding carboxylic acids is 1. The number of ether oxygens (including phenoxy) is 1. The first-order chi connectivity index (χ1) is 8.13. The summed E-state index contributed by atoms with van der Waals surface area (Å²) in [6.07, 6.45) is 2.12. The molecule has 92 valence electrons. The third-order valence-electron chi connectivity index (χ3n) is 2.74. The van der Waals surface area contributed by atoms with E-state index in [9.17, 15) is 4.79 Å². The summed E-state index contributed by atoms with van der Waals surface area (Å²) >= 11 is 0. The summed E-state index contributed by atoms with van der Waals surface area (Å²) in [6, 6.07) is 3.86. The van der Waals surface area contributed by atoms with E-state index < -0.39 is 0 Å². The number of carbonyl (C=O) groups is 1. The Labute approximate surface area is 101 Å². The number of hydrogen-bond donors (Lipinski definition) is 1. The molecule has 0 bridgehead atoms. The van der Waals surface area contributed by atoms with Gasteiger partial charge in [-0.1, -0.05) is 0 Å². The van der Waals surface area contributed by atoms with Crippen LogP contribution in [0.1, 0.15) is 29.8 Å². The third kappa shape index (κ3) is 4.06. The number of alkyl carbamates (subject to hydrolysis) is 1. The highest BCUT2D eigenvalue weighted by atomic mass is 16.5. The minimum atomic E-state index is -0.330. The second-order valence-corrected chi connectivity index (χ2v) is 4.66. The quantitative estimate of drug-likeness (QED) is 0.870. The highest BCUT2D eigenvalue weighted by molar-refractivity contribution is 5.67. The SMILES string of the molecule is Cc1cc(COC(=O)NCC2CC2)cc(C)n1. The molecule has 0 aromatic carbocycles. The first-order valence-corrected chi connectivity index (χ1v) is 5.98. The van der Waals surface area contributed by atoms with Crippen molar-refractivity contribution < 1.29 is 9.53 Å². The van der Waals surface area contributed by atoms with Crippen molar-refractivity contribution in [3.8, 4) is 0 Å². The van der Waals surface area contributed by atoms with E-state index in [2.05, 4.69) is 10.3 Å². The zero-order chi connectivity index (χ0) is 12.3. The lowest BCUT2D eigenvalue weighted by Crippen LogP contribution is -2.26. The average Bonchev–Trinajstić information content (AvgIpc) is 3.06. The van der Waals surface area contributed by atoms with Crippen LogP contribution in [-0.4, -0.2) is 17.6 Å². The largest absolute Gasteiger partial charge is 0.445 e. The number of pyridine rings is 1. The zero-order valence-electron chi connectivity index (χ0n) is 10.3.